The quantitative estimate of drug-likeness (QED) is 0.835. The summed E-state index contributed by atoms with van der Waals surface area (Å²) in [5.74, 6) is -0.289. The Morgan fingerprint density at radius 2 is 2.04 bits per heavy atom. The number of imide groups is 1. The summed E-state index contributed by atoms with van der Waals surface area (Å²) in [5.41, 5.74) is -0.104. The lowest BCUT2D eigenvalue weighted by atomic mass is 9.89. The number of nitrogens with one attached hydrogen (secondary N) is 1. The number of amides is 4. The number of benzene rings is 1. The second-order valence-corrected chi connectivity index (χ2v) is 5.94. The molecule has 1 unspecified atom stereocenters. The van der Waals surface area contributed by atoms with Gasteiger partial charge < -0.3 is 15.0 Å². The highest BCUT2D eigenvalue weighted by Crippen LogP contribution is 2.28. The van der Waals surface area contributed by atoms with E-state index in [-0.39, 0.29) is 19.1 Å². The van der Waals surface area contributed by atoms with E-state index in [1.54, 1.807) is 0 Å². The maximum Gasteiger partial charge on any atom is 0.410 e. The minimum Gasteiger partial charge on any atom is -0.445 e. The normalized spacial score (nSPS) is 24.0. The molecule has 1 N–H and O–H groups in total. The van der Waals surface area contributed by atoms with Gasteiger partial charge in [-0.2, -0.15) is 0 Å². The van der Waals surface area contributed by atoms with E-state index in [0.717, 1.165) is 10.5 Å². The Morgan fingerprint density at radius 1 is 1.30 bits per heavy atom. The molecule has 3 rings (SSSR count). The maximum absolute atomic E-state index is 12.3. The number of nitrogens with zero attached hydrogens (tertiary/aromatic N) is 2. The molecule has 4 amide bonds. The van der Waals surface area contributed by atoms with E-state index in [4.69, 9.17) is 4.74 Å². The van der Waals surface area contributed by atoms with Gasteiger partial charge in [0.1, 0.15) is 12.1 Å². The molecule has 2 aliphatic heterocycles. The third kappa shape index (κ3) is 2.86. The van der Waals surface area contributed by atoms with Crippen molar-refractivity contribution in [3.63, 3.8) is 0 Å². The first kappa shape index (κ1) is 15.3. The summed E-state index contributed by atoms with van der Waals surface area (Å²) in [7, 11) is 1.44. The largest absolute Gasteiger partial charge is 0.445 e. The monoisotopic (exact) mass is 317 g/mol. The Balaban J connectivity index is 1.63. The van der Waals surface area contributed by atoms with E-state index >= 15 is 0 Å². The van der Waals surface area contributed by atoms with Gasteiger partial charge in [-0.15, -0.1) is 0 Å². The van der Waals surface area contributed by atoms with Gasteiger partial charge >= 0.3 is 12.1 Å². The van der Waals surface area contributed by atoms with Gasteiger partial charge in [0.15, 0.2) is 0 Å². The summed E-state index contributed by atoms with van der Waals surface area (Å²) in [4.78, 5) is 38.8. The minimum atomic E-state index is -1.00. The first-order chi connectivity index (χ1) is 11.0. The molecule has 0 saturated carbocycles. The van der Waals surface area contributed by atoms with E-state index in [1.807, 2.05) is 30.3 Å². The molecular formula is C16H19N3O4. The van der Waals surface area contributed by atoms with Gasteiger partial charge in [-0.25, -0.2) is 9.59 Å². The average molecular weight is 317 g/mol. The van der Waals surface area contributed by atoms with Crippen LogP contribution >= 0.6 is 0 Å². The van der Waals surface area contributed by atoms with Gasteiger partial charge in [0.2, 0.25) is 0 Å². The van der Waals surface area contributed by atoms with Crippen molar-refractivity contribution in [2.24, 2.45) is 0 Å². The van der Waals surface area contributed by atoms with Crippen LogP contribution in [0.2, 0.25) is 0 Å². The van der Waals surface area contributed by atoms with Crippen molar-refractivity contribution in [2.45, 2.75) is 25.0 Å². The molecule has 23 heavy (non-hydrogen) atoms. The number of ether oxygens (including phenoxy) is 1. The van der Waals surface area contributed by atoms with Gasteiger partial charge in [-0.05, 0) is 18.4 Å². The lowest BCUT2D eigenvalue weighted by Crippen LogP contribution is -2.59. The number of hydrogen-bond acceptors (Lipinski definition) is 4. The molecule has 122 valence electrons. The van der Waals surface area contributed by atoms with E-state index in [0.29, 0.717) is 19.4 Å². The first-order valence-electron chi connectivity index (χ1n) is 7.58. The molecule has 1 aromatic carbocycles. The molecule has 1 aromatic rings. The van der Waals surface area contributed by atoms with Crippen molar-refractivity contribution in [3.8, 4) is 0 Å². The third-order valence-electron chi connectivity index (χ3n) is 4.32. The Bertz CT molecular complexity index is 633. The molecule has 0 aromatic heterocycles. The van der Waals surface area contributed by atoms with Crippen LogP contribution in [0, 0.1) is 0 Å². The number of rotatable bonds is 2. The second-order valence-electron chi connectivity index (χ2n) is 5.94. The molecular weight excluding hydrogens is 298 g/mol. The number of carbonyl (C=O) groups is 3. The molecule has 2 heterocycles. The predicted molar refractivity (Wildman–Crippen MR) is 81.5 cm³/mol. The van der Waals surface area contributed by atoms with Crippen LogP contribution in [-0.4, -0.2) is 53.5 Å². The van der Waals surface area contributed by atoms with Crippen LogP contribution in [0.15, 0.2) is 30.3 Å². The van der Waals surface area contributed by atoms with Gasteiger partial charge in [0.05, 0.1) is 6.54 Å². The van der Waals surface area contributed by atoms with E-state index < -0.39 is 17.7 Å². The molecule has 1 spiro atoms. The topological polar surface area (TPSA) is 79.0 Å². The van der Waals surface area contributed by atoms with Gasteiger partial charge in [-0.1, -0.05) is 30.3 Å². The fourth-order valence-corrected chi connectivity index (χ4v) is 3.05. The Hall–Kier alpha value is -2.57. The summed E-state index contributed by atoms with van der Waals surface area (Å²) in [5, 5.41) is 2.72. The molecule has 1 atom stereocenters. The zero-order valence-corrected chi connectivity index (χ0v) is 12.9. The van der Waals surface area contributed by atoms with E-state index in [1.165, 1.54) is 11.9 Å². The highest BCUT2D eigenvalue weighted by Gasteiger charge is 2.52. The van der Waals surface area contributed by atoms with Crippen molar-refractivity contribution in [2.75, 3.05) is 20.1 Å². The van der Waals surface area contributed by atoms with Crippen LogP contribution in [0.3, 0.4) is 0 Å². The Morgan fingerprint density at radius 3 is 2.70 bits per heavy atom. The number of likely N-dealkylation sites (tertiary alicyclic amines) is 1. The number of likely N-dealkylation sites (N-methyl/N-ethyl adjacent to an activating group) is 1. The van der Waals surface area contributed by atoms with Crippen LogP contribution in [0.1, 0.15) is 18.4 Å². The second kappa shape index (κ2) is 5.91. The standard InChI is InChI=1S/C16H19N3O4/c1-18-13(20)16(17-14(18)21)8-5-9-19(11-16)15(22)23-10-12-6-3-2-4-7-12/h2-4,6-7H,5,8-11H2,1H3,(H,17,21). The van der Waals surface area contributed by atoms with E-state index in [9.17, 15) is 14.4 Å². The van der Waals surface area contributed by atoms with Crippen molar-refractivity contribution in [1.29, 1.82) is 0 Å². The molecule has 2 saturated heterocycles. The summed E-state index contributed by atoms with van der Waals surface area (Å²) in [6.07, 6.45) is 0.703. The maximum atomic E-state index is 12.3. The molecule has 0 radical (unpaired) electrons. The number of piperidine rings is 1. The third-order valence-corrected chi connectivity index (χ3v) is 4.32. The van der Waals surface area contributed by atoms with Crippen molar-refractivity contribution < 1.29 is 19.1 Å². The molecule has 0 aliphatic carbocycles. The minimum absolute atomic E-state index is 0.148. The number of urea groups is 1. The first-order valence-corrected chi connectivity index (χ1v) is 7.58. The zero-order chi connectivity index (χ0) is 16.4. The van der Waals surface area contributed by atoms with Crippen LogP contribution in [0.4, 0.5) is 9.59 Å². The predicted octanol–water partition coefficient (Wildman–Crippen LogP) is 1.34. The van der Waals surface area contributed by atoms with Crippen LogP contribution in [-0.2, 0) is 16.1 Å². The average Bonchev–Trinajstić information content (AvgIpc) is 2.77. The lowest BCUT2D eigenvalue weighted by molar-refractivity contribution is -0.132. The van der Waals surface area contributed by atoms with Gasteiger partial charge in [0.25, 0.3) is 5.91 Å². The highest BCUT2D eigenvalue weighted by molar-refractivity contribution is 6.07. The fourth-order valence-electron chi connectivity index (χ4n) is 3.05. The van der Waals surface area contributed by atoms with Crippen molar-refractivity contribution in [1.82, 2.24) is 15.1 Å². The van der Waals surface area contributed by atoms with Crippen LogP contribution in [0.5, 0.6) is 0 Å². The summed E-state index contributed by atoms with van der Waals surface area (Å²) >= 11 is 0. The number of carbonyl (C=O) groups excluding carboxylic acids is 3. The summed E-state index contributed by atoms with van der Waals surface area (Å²) in [6, 6.07) is 8.98. The van der Waals surface area contributed by atoms with Crippen molar-refractivity contribution in [3.05, 3.63) is 35.9 Å². The highest BCUT2D eigenvalue weighted by atomic mass is 16.6. The van der Waals surface area contributed by atoms with E-state index in [2.05, 4.69) is 5.32 Å². The lowest BCUT2D eigenvalue weighted by Gasteiger charge is -2.37. The van der Waals surface area contributed by atoms with Gasteiger partial charge in [-0.3, -0.25) is 9.69 Å². The summed E-state index contributed by atoms with van der Waals surface area (Å²) < 4.78 is 5.31. The Kier molecular flexibility index (Phi) is 3.94. The molecule has 0 bridgehead atoms. The zero-order valence-electron chi connectivity index (χ0n) is 12.9. The fraction of sp³-hybridized carbons (Fsp3) is 0.438. The molecule has 2 fully saturated rings. The van der Waals surface area contributed by atoms with Crippen LogP contribution in [0.25, 0.3) is 0 Å². The number of hydrogen-bond donors (Lipinski definition) is 1. The molecule has 7 nitrogen and oxygen atoms in total. The van der Waals surface area contributed by atoms with Crippen LogP contribution < -0.4 is 5.32 Å². The SMILES string of the molecule is CN1C(=O)NC2(CCCN(C(=O)OCc3ccccc3)C2)C1=O. The Labute approximate surface area is 134 Å². The molecule has 2 aliphatic rings. The van der Waals surface area contributed by atoms with Gasteiger partial charge in [0, 0.05) is 13.6 Å². The van der Waals surface area contributed by atoms with Crippen molar-refractivity contribution >= 4 is 18.0 Å². The smallest absolute Gasteiger partial charge is 0.410 e. The molecule has 7 heteroatoms. The summed E-state index contributed by atoms with van der Waals surface area (Å²) in [6.45, 7) is 0.848.